The van der Waals surface area contributed by atoms with Crippen LogP contribution < -0.4 is 0 Å². The Bertz CT molecular complexity index is 700. The molecule has 0 aliphatic heterocycles. The standard InChI is InChI=1S/C29H48O2S/c1-21-11-14-25(31-20-32-6)19-24(21)13-12-23-10-8-18-29(5)26(15-16-27(23)29)22(2)9-7-17-28(3,4)30/h12-13,22,25-27,30H,1,7-11,14-20H2,2-6H3/t22-,25+,26-,27?,29-/m1/s1. The van der Waals surface area contributed by atoms with Crippen LogP contribution >= 0.6 is 11.8 Å². The van der Waals surface area contributed by atoms with E-state index in [0.29, 0.717) is 11.5 Å². The third-order valence-corrected chi connectivity index (χ3v) is 9.13. The second kappa shape index (κ2) is 11.3. The molecule has 0 spiro atoms. The lowest BCUT2D eigenvalue weighted by atomic mass is 9.60. The minimum Gasteiger partial charge on any atom is -0.390 e. The Kier molecular flexibility index (Phi) is 9.20. The largest absolute Gasteiger partial charge is 0.390 e. The van der Waals surface area contributed by atoms with Crippen molar-refractivity contribution in [2.45, 2.75) is 110 Å². The molecule has 5 atom stereocenters. The van der Waals surface area contributed by atoms with Gasteiger partial charge in [0.2, 0.25) is 0 Å². The molecule has 2 nitrogen and oxygen atoms in total. The quantitative estimate of drug-likeness (QED) is 0.353. The summed E-state index contributed by atoms with van der Waals surface area (Å²) >= 11 is 1.76. The Morgan fingerprint density at radius 3 is 2.75 bits per heavy atom. The zero-order valence-electron chi connectivity index (χ0n) is 21.4. The molecule has 0 aromatic heterocycles. The lowest BCUT2D eigenvalue weighted by molar-refractivity contribution is 0.0596. The maximum Gasteiger partial charge on any atom is 0.0922 e. The van der Waals surface area contributed by atoms with Crippen LogP contribution in [0.4, 0.5) is 0 Å². The van der Waals surface area contributed by atoms with Crippen LogP contribution in [0.15, 0.2) is 35.5 Å². The Morgan fingerprint density at radius 2 is 2.03 bits per heavy atom. The van der Waals surface area contributed by atoms with Crippen molar-refractivity contribution in [1.82, 2.24) is 0 Å². The van der Waals surface area contributed by atoms with Crippen molar-refractivity contribution in [1.29, 1.82) is 0 Å². The molecule has 0 heterocycles. The SMILES string of the molecule is C=C1CC[C@H](OCSC)CC1=CC=C1CCC[C@@]2(C)C1CC[C@@H]2[C@H](C)CCCC(C)(C)O. The summed E-state index contributed by atoms with van der Waals surface area (Å²) in [6, 6.07) is 0. The number of hydrogen-bond acceptors (Lipinski definition) is 3. The summed E-state index contributed by atoms with van der Waals surface area (Å²) in [6.07, 6.45) is 20.5. The van der Waals surface area contributed by atoms with E-state index in [9.17, 15) is 5.11 Å². The van der Waals surface area contributed by atoms with Crippen LogP contribution in [0.25, 0.3) is 0 Å². The van der Waals surface area contributed by atoms with E-state index in [-0.39, 0.29) is 0 Å². The monoisotopic (exact) mass is 460 g/mol. The van der Waals surface area contributed by atoms with Gasteiger partial charge in [-0.1, -0.05) is 56.6 Å². The van der Waals surface area contributed by atoms with Crippen LogP contribution in [0.5, 0.6) is 0 Å². The van der Waals surface area contributed by atoms with E-state index in [1.807, 2.05) is 13.8 Å². The van der Waals surface area contributed by atoms with Crippen molar-refractivity contribution in [2.75, 3.05) is 12.2 Å². The van der Waals surface area contributed by atoms with Crippen LogP contribution in [-0.4, -0.2) is 29.0 Å². The van der Waals surface area contributed by atoms with Gasteiger partial charge in [0.05, 0.1) is 17.6 Å². The fraction of sp³-hybridized carbons (Fsp3) is 0.793. The highest BCUT2D eigenvalue weighted by Crippen LogP contribution is 2.60. The lowest BCUT2D eigenvalue weighted by Gasteiger charge is -2.44. The summed E-state index contributed by atoms with van der Waals surface area (Å²) < 4.78 is 6.03. The average Bonchev–Trinajstić information content (AvgIpc) is 3.08. The van der Waals surface area contributed by atoms with Crippen molar-refractivity contribution in [3.05, 3.63) is 35.5 Å². The highest BCUT2D eigenvalue weighted by atomic mass is 32.2. The fourth-order valence-electron chi connectivity index (χ4n) is 6.96. The molecule has 0 saturated heterocycles. The number of allylic oxidation sites excluding steroid dienone is 4. The van der Waals surface area contributed by atoms with Crippen molar-refractivity contribution >= 4 is 11.8 Å². The molecule has 0 aromatic carbocycles. The van der Waals surface area contributed by atoms with Gasteiger partial charge in [-0.3, -0.25) is 0 Å². The van der Waals surface area contributed by atoms with E-state index in [1.54, 1.807) is 17.3 Å². The molecular weight excluding hydrogens is 412 g/mol. The van der Waals surface area contributed by atoms with Gasteiger partial charge in [0.25, 0.3) is 0 Å². The van der Waals surface area contributed by atoms with Gasteiger partial charge in [-0.25, -0.2) is 0 Å². The molecule has 3 aliphatic carbocycles. The molecular formula is C29H48O2S. The van der Waals surface area contributed by atoms with Crippen molar-refractivity contribution in [3.63, 3.8) is 0 Å². The smallest absolute Gasteiger partial charge is 0.0922 e. The predicted octanol–water partition coefficient (Wildman–Crippen LogP) is 8.08. The normalized spacial score (nSPS) is 34.8. The highest BCUT2D eigenvalue weighted by Gasteiger charge is 2.50. The Balaban J connectivity index is 1.66. The molecule has 3 heteroatoms. The average molecular weight is 461 g/mol. The van der Waals surface area contributed by atoms with Crippen LogP contribution in [0.2, 0.25) is 0 Å². The van der Waals surface area contributed by atoms with E-state index in [1.165, 1.54) is 49.7 Å². The molecule has 0 bridgehead atoms. The first kappa shape index (κ1) is 26.1. The second-order valence-electron chi connectivity index (χ2n) is 11.8. The number of fused-ring (bicyclic) bond motifs is 1. The summed E-state index contributed by atoms with van der Waals surface area (Å²) in [5, 5.41) is 10.1. The van der Waals surface area contributed by atoms with Gasteiger partial charge in [0, 0.05) is 0 Å². The van der Waals surface area contributed by atoms with Crippen molar-refractivity contribution < 1.29 is 9.84 Å². The number of ether oxygens (including phenoxy) is 1. The van der Waals surface area contributed by atoms with Gasteiger partial charge < -0.3 is 9.84 Å². The Labute approximate surface area is 202 Å². The maximum absolute atomic E-state index is 10.1. The van der Waals surface area contributed by atoms with Crippen LogP contribution in [0.1, 0.15) is 98.3 Å². The molecule has 1 N–H and O–H groups in total. The van der Waals surface area contributed by atoms with E-state index >= 15 is 0 Å². The maximum atomic E-state index is 10.1. The van der Waals surface area contributed by atoms with E-state index in [0.717, 1.165) is 55.8 Å². The Hall–Kier alpha value is -0.510. The van der Waals surface area contributed by atoms with E-state index in [4.69, 9.17) is 4.74 Å². The molecule has 0 radical (unpaired) electrons. The second-order valence-corrected chi connectivity index (χ2v) is 12.6. The predicted molar refractivity (Wildman–Crippen MR) is 140 cm³/mol. The molecule has 32 heavy (non-hydrogen) atoms. The van der Waals surface area contributed by atoms with Gasteiger partial charge in [0.15, 0.2) is 0 Å². The van der Waals surface area contributed by atoms with Gasteiger partial charge in [-0.2, -0.15) is 0 Å². The zero-order valence-corrected chi connectivity index (χ0v) is 22.2. The number of rotatable bonds is 9. The summed E-state index contributed by atoms with van der Waals surface area (Å²) in [5.41, 5.74) is 4.34. The van der Waals surface area contributed by atoms with Crippen LogP contribution in [0, 0.1) is 23.2 Å². The van der Waals surface area contributed by atoms with Crippen LogP contribution in [0.3, 0.4) is 0 Å². The first-order valence-corrected chi connectivity index (χ1v) is 14.4. The molecule has 0 amide bonds. The third-order valence-electron chi connectivity index (χ3n) is 8.76. The van der Waals surface area contributed by atoms with Gasteiger partial charge in [-0.15, -0.1) is 11.8 Å². The molecule has 1 unspecified atom stereocenters. The van der Waals surface area contributed by atoms with Gasteiger partial charge in [0.1, 0.15) is 0 Å². The molecule has 3 rings (SSSR count). The molecule has 3 aliphatic rings. The number of aliphatic hydroxyl groups is 1. The first-order chi connectivity index (χ1) is 15.1. The topological polar surface area (TPSA) is 29.5 Å². The fourth-order valence-corrected chi connectivity index (χ4v) is 7.29. The summed E-state index contributed by atoms with van der Waals surface area (Å²) in [4.78, 5) is 0. The minimum atomic E-state index is -0.529. The zero-order chi connectivity index (χ0) is 23.4. The lowest BCUT2D eigenvalue weighted by Crippen LogP contribution is -2.36. The van der Waals surface area contributed by atoms with Gasteiger partial charge in [-0.05, 0) is 107 Å². The third kappa shape index (κ3) is 6.54. The Morgan fingerprint density at radius 1 is 1.25 bits per heavy atom. The summed E-state index contributed by atoms with van der Waals surface area (Å²) in [6.45, 7) is 13.3. The number of hydrogen-bond donors (Lipinski definition) is 1. The minimum absolute atomic E-state index is 0.356. The number of thioether (sulfide) groups is 1. The van der Waals surface area contributed by atoms with Gasteiger partial charge >= 0.3 is 0 Å². The molecule has 182 valence electrons. The highest BCUT2D eigenvalue weighted by molar-refractivity contribution is 7.98. The van der Waals surface area contributed by atoms with Crippen molar-refractivity contribution in [3.8, 4) is 0 Å². The molecule has 0 aromatic rings. The molecule has 3 fully saturated rings. The van der Waals surface area contributed by atoms with Crippen LogP contribution in [-0.2, 0) is 4.74 Å². The molecule has 3 saturated carbocycles. The van der Waals surface area contributed by atoms with E-state index in [2.05, 4.69) is 38.8 Å². The van der Waals surface area contributed by atoms with E-state index < -0.39 is 5.60 Å². The first-order valence-electron chi connectivity index (χ1n) is 13.0. The summed E-state index contributed by atoms with van der Waals surface area (Å²) in [5.74, 6) is 3.11. The summed E-state index contributed by atoms with van der Waals surface area (Å²) in [7, 11) is 0. The van der Waals surface area contributed by atoms with Crippen molar-refractivity contribution in [2.24, 2.45) is 23.2 Å².